The molecule has 0 saturated carbocycles. The first-order valence-electron chi connectivity index (χ1n) is 7.96. The Balaban J connectivity index is 2.11. The van der Waals surface area contributed by atoms with Crippen LogP contribution in [-0.2, 0) is 17.8 Å². The maximum absolute atomic E-state index is 5.76. The van der Waals surface area contributed by atoms with Gasteiger partial charge in [-0.25, -0.2) is 0 Å². The van der Waals surface area contributed by atoms with E-state index < -0.39 is 0 Å². The van der Waals surface area contributed by atoms with Gasteiger partial charge < -0.3 is 14.6 Å². The maximum atomic E-state index is 5.76. The second-order valence-corrected chi connectivity index (χ2v) is 6.35. The Labute approximate surface area is 128 Å². The summed E-state index contributed by atoms with van der Waals surface area (Å²) in [5, 5.41) is 4.82. The second kappa shape index (κ2) is 7.62. The molecule has 1 aromatic heterocycles. The molecule has 1 N–H and O–H groups in total. The van der Waals surface area contributed by atoms with Crippen molar-refractivity contribution in [2.24, 2.45) is 5.92 Å². The number of hydrogen-bond acceptors (Lipinski definition) is 2. The van der Waals surface area contributed by atoms with Crippen molar-refractivity contribution in [2.45, 2.75) is 46.8 Å². The van der Waals surface area contributed by atoms with Crippen LogP contribution in [0.25, 0.3) is 10.9 Å². The molecule has 2 aromatic rings. The van der Waals surface area contributed by atoms with Gasteiger partial charge in [0.05, 0.1) is 6.61 Å². The lowest BCUT2D eigenvalue weighted by Crippen LogP contribution is -2.24. The molecule has 0 atom stereocenters. The number of aromatic nitrogens is 1. The molecule has 0 aliphatic heterocycles. The number of rotatable bonds is 8. The summed E-state index contributed by atoms with van der Waals surface area (Å²) in [5.74, 6) is 0.591. The summed E-state index contributed by atoms with van der Waals surface area (Å²) in [6.45, 7) is 12.1. The number of ether oxygens (including phenoxy) is 1. The minimum Gasteiger partial charge on any atom is -0.379 e. The number of para-hydroxylation sites is 1. The van der Waals surface area contributed by atoms with Crippen LogP contribution in [0.4, 0.5) is 0 Å². The van der Waals surface area contributed by atoms with Gasteiger partial charge in [0.2, 0.25) is 0 Å². The second-order valence-electron chi connectivity index (χ2n) is 6.35. The van der Waals surface area contributed by atoms with Crippen LogP contribution in [0.2, 0.25) is 0 Å². The molecule has 0 aliphatic carbocycles. The van der Waals surface area contributed by atoms with Crippen molar-refractivity contribution in [1.82, 2.24) is 9.88 Å². The Morgan fingerprint density at radius 3 is 2.62 bits per heavy atom. The fourth-order valence-corrected chi connectivity index (χ4v) is 2.46. The molecule has 0 amide bonds. The molecule has 3 heteroatoms. The monoisotopic (exact) mass is 288 g/mol. The molecule has 1 aromatic carbocycles. The molecule has 0 saturated heterocycles. The van der Waals surface area contributed by atoms with Crippen molar-refractivity contribution in [3.63, 3.8) is 0 Å². The van der Waals surface area contributed by atoms with Crippen LogP contribution in [-0.4, -0.2) is 23.8 Å². The van der Waals surface area contributed by atoms with Crippen LogP contribution in [0, 0.1) is 5.92 Å². The van der Waals surface area contributed by atoms with Gasteiger partial charge in [0.1, 0.15) is 0 Å². The van der Waals surface area contributed by atoms with Crippen molar-refractivity contribution in [2.75, 3.05) is 13.2 Å². The number of nitrogens with one attached hydrogen (secondary N) is 1. The van der Waals surface area contributed by atoms with Crippen molar-refractivity contribution < 1.29 is 4.74 Å². The Bertz CT molecular complexity index is 557. The highest BCUT2D eigenvalue weighted by molar-refractivity contribution is 5.81. The lowest BCUT2D eigenvalue weighted by atomic mass is 10.2. The summed E-state index contributed by atoms with van der Waals surface area (Å²) >= 11 is 0. The van der Waals surface area contributed by atoms with Crippen LogP contribution in [0.5, 0.6) is 0 Å². The predicted octanol–water partition coefficient (Wildman–Crippen LogP) is 3.81. The molecule has 2 rings (SSSR count). The van der Waals surface area contributed by atoms with E-state index >= 15 is 0 Å². The molecule has 116 valence electrons. The molecule has 0 fully saturated rings. The van der Waals surface area contributed by atoms with Gasteiger partial charge in [-0.2, -0.15) is 0 Å². The fourth-order valence-electron chi connectivity index (χ4n) is 2.46. The van der Waals surface area contributed by atoms with E-state index in [0.29, 0.717) is 12.0 Å². The van der Waals surface area contributed by atoms with Crippen LogP contribution in [0.3, 0.4) is 0 Å². The molecule has 1 heterocycles. The molecule has 0 radical (unpaired) electrons. The van der Waals surface area contributed by atoms with Crippen LogP contribution >= 0.6 is 0 Å². The minimum atomic E-state index is 0.494. The van der Waals surface area contributed by atoms with E-state index in [1.807, 2.05) is 0 Å². The van der Waals surface area contributed by atoms with Crippen molar-refractivity contribution >= 4 is 10.9 Å². The zero-order valence-corrected chi connectivity index (χ0v) is 13.7. The maximum Gasteiger partial charge on any atom is 0.0645 e. The van der Waals surface area contributed by atoms with Gasteiger partial charge in [0.25, 0.3) is 0 Å². The highest BCUT2D eigenvalue weighted by atomic mass is 16.5. The van der Waals surface area contributed by atoms with E-state index in [9.17, 15) is 0 Å². The summed E-state index contributed by atoms with van der Waals surface area (Å²) in [7, 11) is 0. The highest BCUT2D eigenvalue weighted by Crippen LogP contribution is 2.20. The van der Waals surface area contributed by atoms with E-state index in [1.54, 1.807) is 0 Å². The van der Waals surface area contributed by atoms with E-state index in [4.69, 9.17) is 4.74 Å². The van der Waals surface area contributed by atoms with Crippen molar-refractivity contribution in [3.05, 3.63) is 36.0 Å². The smallest absolute Gasteiger partial charge is 0.0645 e. The molecule has 21 heavy (non-hydrogen) atoms. The van der Waals surface area contributed by atoms with Crippen molar-refractivity contribution in [3.8, 4) is 0 Å². The van der Waals surface area contributed by atoms with Gasteiger partial charge >= 0.3 is 0 Å². The van der Waals surface area contributed by atoms with Crippen molar-refractivity contribution in [1.29, 1.82) is 0 Å². The third kappa shape index (κ3) is 4.58. The first-order chi connectivity index (χ1) is 10.1. The average Bonchev–Trinajstić information content (AvgIpc) is 2.79. The number of benzene rings is 1. The molecular weight excluding hydrogens is 260 g/mol. The third-order valence-corrected chi connectivity index (χ3v) is 3.50. The van der Waals surface area contributed by atoms with Gasteiger partial charge in [-0.05, 0) is 23.4 Å². The number of hydrogen-bond donors (Lipinski definition) is 1. The zero-order valence-electron chi connectivity index (χ0n) is 13.7. The Morgan fingerprint density at radius 2 is 1.90 bits per heavy atom. The first kappa shape index (κ1) is 16.1. The van der Waals surface area contributed by atoms with Crippen LogP contribution in [0.1, 0.15) is 33.4 Å². The molecule has 0 spiro atoms. The predicted molar refractivity (Wildman–Crippen MR) is 89.6 cm³/mol. The summed E-state index contributed by atoms with van der Waals surface area (Å²) in [5.41, 5.74) is 2.63. The fraction of sp³-hybridized carbons (Fsp3) is 0.556. The molecular formula is C18H28N2O. The molecule has 0 bridgehead atoms. The topological polar surface area (TPSA) is 26.2 Å². The molecule has 3 nitrogen and oxygen atoms in total. The van der Waals surface area contributed by atoms with E-state index in [0.717, 1.165) is 26.3 Å². The third-order valence-electron chi connectivity index (χ3n) is 3.50. The highest BCUT2D eigenvalue weighted by Gasteiger charge is 2.08. The normalized spacial score (nSPS) is 11.9. The standard InChI is InChI=1S/C18H28N2O/c1-14(2)13-21-10-9-20-17(12-19-15(3)4)11-16-7-5-6-8-18(16)20/h5-8,11,14-15,19H,9-10,12-13H2,1-4H3. The summed E-state index contributed by atoms with van der Waals surface area (Å²) in [6.07, 6.45) is 0. The first-order valence-corrected chi connectivity index (χ1v) is 7.96. The molecule has 0 unspecified atom stereocenters. The number of nitrogens with zero attached hydrogens (tertiary/aromatic N) is 1. The lowest BCUT2D eigenvalue weighted by molar-refractivity contribution is 0.103. The Hall–Kier alpha value is -1.32. The van der Waals surface area contributed by atoms with Gasteiger partial charge in [-0.3, -0.25) is 0 Å². The number of fused-ring (bicyclic) bond motifs is 1. The van der Waals surface area contributed by atoms with E-state index in [2.05, 4.69) is 67.9 Å². The summed E-state index contributed by atoms with van der Waals surface area (Å²) in [4.78, 5) is 0. The SMILES string of the molecule is CC(C)COCCn1c(CNC(C)C)cc2ccccc21. The van der Waals surface area contributed by atoms with Crippen LogP contribution in [0.15, 0.2) is 30.3 Å². The average molecular weight is 288 g/mol. The van der Waals surface area contributed by atoms with Crippen LogP contribution < -0.4 is 5.32 Å². The van der Waals surface area contributed by atoms with Gasteiger partial charge in [0, 0.05) is 36.9 Å². The Kier molecular flexibility index (Phi) is 5.83. The molecule has 0 aliphatic rings. The van der Waals surface area contributed by atoms with E-state index in [-0.39, 0.29) is 0 Å². The zero-order chi connectivity index (χ0) is 15.2. The largest absolute Gasteiger partial charge is 0.379 e. The summed E-state index contributed by atoms with van der Waals surface area (Å²) < 4.78 is 8.14. The van der Waals surface area contributed by atoms with E-state index in [1.165, 1.54) is 16.6 Å². The minimum absolute atomic E-state index is 0.494. The van der Waals surface area contributed by atoms with Gasteiger partial charge in [-0.15, -0.1) is 0 Å². The van der Waals surface area contributed by atoms with Gasteiger partial charge in [0.15, 0.2) is 0 Å². The summed E-state index contributed by atoms with van der Waals surface area (Å²) in [6, 6.07) is 11.4. The van der Waals surface area contributed by atoms with Gasteiger partial charge in [-0.1, -0.05) is 45.9 Å². The Morgan fingerprint density at radius 1 is 1.14 bits per heavy atom. The quantitative estimate of drug-likeness (QED) is 0.748. The lowest BCUT2D eigenvalue weighted by Gasteiger charge is -2.14.